The van der Waals surface area contributed by atoms with Gasteiger partial charge in [-0.2, -0.15) is 0 Å². The number of aromatic nitrogens is 1. The van der Waals surface area contributed by atoms with Crippen LogP contribution in [-0.4, -0.2) is 57.9 Å². The van der Waals surface area contributed by atoms with E-state index in [2.05, 4.69) is 4.98 Å². The topological polar surface area (TPSA) is 73.7 Å². The van der Waals surface area contributed by atoms with Gasteiger partial charge < -0.3 is 14.9 Å². The highest BCUT2D eigenvalue weighted by molar-refractivity contribution is 5.83. The van der Waals surface area contributed by atoms with Gasteiger partial charge in [-0.1, -0.05) is 6.07 Å². The number of carbonyl (C=O) groups excluding carboxylic acids is 2. The minimum atomic E-state index is -0.133. The van der Waals surface area contributed by atoms with Crippen LogP contribution in [0.1, 0.15) is 18.4 Å². The lowest BCUT2D eigenvalue weighted by Gasteiger charge is -2.33. The van der Waals surface area contributed by atoms with E-state index >= 15 is 0 Å². The molecule has 0 radical (unpaired) electrons. The summed E-state index contributed by atoms with van der Waals surface area (Å²) in [6.07, 6.45) is 4.58. The summed E-state index contributed by atoms with van der Waals surface area (Å²) in [4.78, 5) is 32.2. The van der Waals surface area contributed by atoms with Crippen molar-refractivity contribution in [3.05, 3.63) is 30.1 Å². The Morgan fingerprint density at radius 1 is 1.41 bits per heavy atom. The van der Waals surface area contributed by atoms with Crippen LogP contribution >= 0.6 is 0 Å². The van der Waals surface area contributed by atoms with Gasteiger partial charge in [-0.3, -0.25) is 14.6 Å². The predicted molar refractivity (Wildman–Crippen MR) is 79.5 cm³/mol. The summed E-state index contributed by atoms with van der Waals surface area (Å²) in [5, 5.41) is 8.89. The van der Waals surface area contributed by atoms with Crippen LogP contribution in [0.25, 0.3) is 0 Å². The Morgan fingerprint density at radius 3 is 3.00 bits per heavy atom. The van der Waals surface area contributed by atoms with E-state index in [0.717, 1.165) is 18.5 Å². The first-order valence-corrected chi connectivity index (χ1v) is 7.75. The number of likely N-dealkylation sites (tertiary alicyclic amines) is 2. The molecule has 2 amide bonds. The van der Waals surface area contributed by atoms with Crippen LogP contribution in [-0.2, 0) is 16.1 Å². The summed E-state index contributed by atoms with van der Waals surface area (Å²) in [5.41, 5.74) is 1.03. The number of hydrogen-bond acceptors (Lipinski definition) is 4. The summed E-state index contributed by atoms with van der Waals surface area (Å²) in [5.74, 6) is 0.260. The Kier molecular flexibility index (Phi) is 4.38. The van der Waals surface area contributed by atoms with Crippen molar-refractivity contribution >= 4 is 11.8 Å². The van der Waals surface area contributed by atoms with Crippen molar-refractivity contribution in [1.82, 2.24) is 14.8 Å². The number of piperidine rings is 1. The van der Waals surface area contributed by atoms with Crippen molar-refractivity contribution in [1.29, 1.82) is 0 Å². The SMILES string of the molecule is O=C(CCO)N1C[C@H]2CCN(Cc3cccnc3)C(=O)[C@@H]2C1. The van der Waals surface area contributed by atoms with Crippen molar-refractivity contribution in [3.63, 3.8) is 0 Å². The summed E-state index contributed by atoms with van der Waals surface area (Å²) in [6, 6.07) is 3.84. The highest BCUT2D eigenvalue weighted by Crippen LogP contribution is 2.33. The fraction of sp³-hybridized carbons (Fsp3) is 0.562. The van der Waals surface area contributed by atoms with Crippen LogP contribution in [0.4, 0.5) is 0 Å². The minimum absolute atomic E-state index is 0.0523. The molecule has 2 atom stereocenters. The number of pyridine rings is 1. The standard InChI is InChI=1S/C16H21N3O3/c20-7-4-15(21)19-10-13-3-6-18(16(22)14(13)11-19)9-12-2-1-5-17-8-12/h1-2,5,8,13-14,20H,3-4,6-7,9-11H2/t13-,14-/m1/s1. The number of amides is 2. The Morgan fingerprint density at radius 2 is 2.27 bits per heavy atom. The molecule has 0 unspecified atom stereocenters. The van der Waals surface area contributed by atoms with Gasteiger partial charge in [0, 0.05) is 45.0 Å². The van der Waals surface area contributed by atoms with E-state index in [1.807, 2.05) is 17.0 Å². The van der Waals surface area contributed by atoms with Crippen LogP contribution in [0.2, 0.25) is 0 Å². The molecular weight excluding hydrogens is 282 g/mol. The molecule has 0 bridgehead atoms. The van der Waals surface area contributed by atoms with Crippen molar-refractivity contribution in [2.75, 3.05) is 26.2 Å². The van der Waals surface area contributed by atoms with Gasteiger partial charge in [0.1, 0.15) is 0 Å². The van der Waals surface area contributed by atoms with Gasteiger partial charge in [0.05, 0.1) is 12.5 Å². The molecule has 0 saturated carbocycles. The van der Waals surface area contributed by atoms with Crippen LogP contribution in [0, 0.1) is 11.8 Å². The average molecular weight is 303 g/mol. The lowest BCUT2D eigenvalue weighted by atomic mass is 9.88. The third-order valence-corrected chi connectivity index (χ3v) is 4.61. The third-order valence-electron chi connectivity index (χ3n) is 4.61. The molecule has 1 aromatic heterocycles. The molecule has 1 N–H and O–H groups in total. The van der Waals surface area contributed by atoms with E-state index in [9.17, 15) is 9.59 Å². The minimum Gasteiger partial charge on any atom is -0.396 e. The van der Waals surface area contributed by atoms with Crippen molar-refractivity contribution in [2.24, 2.45) is 11.8 Å². The van der Waals surface area contributed by atoms with Gasteiger partial charge in [-0.15, -0.1) is 0 Å². The lowest BCUT2D eigenvalue weighted by molar-refractivity contribution is -0.140. The zero-order valence-electron chi connectivity index (χ0n) is 12.5. The molecular formula is C16H21N3O3. The summed E-state index contributed by atoms with van der Waals surface area (Å²) in [6.45, 7) is 2.32. The number of nitrogens with zero attached hydrogens (tertiary/aromatic N) is 3. The van der Waals surface area contributed by atoms with E-state index in [4.69, 9.17) is 5.11 Å². The predicted octanol–water partition coefficient (Wildman–Crippen LogP) is 0.271. The van der Waals surface area contributed by atoms with Gasteiger partial charge in [-0.05, 0) is 24.0 Å². The number of rotatable bonds is 4. The van der Waals surface area contributed by atoms with E-state index in [1.165, 1.54) is 0 Å². The molecule has 2 saturated heterocycles. The number of fused-ring (bicyclic) bond motifs is 1. The van der Waals surface area contributed by atoms with E-state index in [0.29, 0.717) is 19.6 Å². The van der Waals surface area contributed by atoms with Crippen LogP contribution in [0.15, 0.2) is 24.5 Å². The molecule has 118 valence electrons. The lowest BCUT2D eigenvalue weighted by Crippen LogP contribution is -2.44. The molecule has 2 aliphatic heterocycles. The van der Waals surface area contributed by atoms with Crippen molar-refractivity contribution in [2.45, 2.75) is 19.4 Å². The molecule has 22 heavy (non-hydrogen) atoms. The van der Waals surface area contributed by atoms with Gasteiger partial charge in [0.2, 0.25) is 11.8 Å². The maximum absolute atomic E-state index is 12.7. The Bertz CT molecular complexity index is 549. The van der Waals surface area contributed by atoms with Crippen molar-refractivity contribution < 1.29 is 14.7 Å². The summed E-state index contributed by atoms with van der Waals surface area (Å²) in [7, 11) is 0. The summed E-state index contributed by atoms with van der Waals surface area (Å²) < 4.78 is 0. The zero-order chi connectivity index (χ0) is 15.5. The first-order chi connectivity index (χ1) is 10.7. The van der Waals surface area contributed by atoms with Gasteiger partial charge >= 0.3 is 0 Å². The van der Waals surface area contributed by atoms with E-state index < -0.39 is 0 Å². The maximum Gasteiger partial charge on any atom is 0.228 e. The Hall–Kier alpha value is -1.95. The monoisotopic (exact) mass is 303 g/mol. The molecule has 3 rings (SSSR count). The second-order valence-electron chi connectivity index (χ2n) is 6.05. The molecule has 3 heterocycles. The van der Waals surface area contributed by atoms with E-state index in [1.54, 1.807) is 17.3 Å². The number of carbonyl (C=O) groups is 2. The molecule has 2 aliphatic rings. The molecule has 6 heteroatoms. The van der Waals surface area contributed by atoms with E-state index in [-0.39, 0.29) is 36.7 Å². The molecule has 0 spiro atoms. The van der Waals surface area contributed by atoms with Crippen molar-refractivity contribution in [3.8, 4) is 0 Å². The van der Waals surface area contributed by atoms with Gasteiger partial charge in [-0.25, -0.2) is 0 Å². The highest BCUT2D eigenvalue weighted by Gasteiger charge is 2.43. The molecule has 0 aromatic carbocycles. The first-order valence-electron chi connectivity index (χ1n) is 7.75. The largest absolute Gasteiger partial charge is 0.396 e. The molecule has 1 aromatic rings. The normalized spacial score (nSPS) is 24.5. The zero-order valence-corrected chi connectivity index (χ0v) is 12.5. The second-order valence-corrected chi connectivity index (χ2v) is 6.05. The number of hydrogen-bond donors (Lipinski definition) is 1. The Balaban J connectivity index is 1.64. The summed E-state index contributed by atoms with van der Waals surface area (Å²) >= 11 is 0. The first kappa shape index (κ1) is 15.0. The average Bonchev–Trinajstić information content (AvgIpc) is 2.97. The molecule has 6 nitrogen and oxygen atoms in total. The number of aliphatic hydroxyl groups is 1. The van der Waals surface area contributed by atoms with Gasteiger partial charge in [0.15, 0.2) is 0 Å². The second kappa shape index (κ2) is 6.44. The molecule has 0 aliphatic carbocycles. The van der Waals surface area contributed by atoms with Crippen LogP contribution in [0.5, 0.6) is 0 Å². The number of aliphatic hydroxyl groups excluding tert-OH is 1. The van der Waals surface area contributed by atoms with Crippen LogP contribution < -0.4 is 0 Å². The smallest absolute Gasteiger partial charge is 0.228 e. The highest BCUT2D eigenvalue weighted by atomic mass is 16.3. The maximum atomic E-state index is 12.7. The fourth-order valence-electron chi connectivity index (χ4n) is 3.44. The Labute approximate surface area is 129 Å². The quantitative estimate of drug-likeness (QED) is 0.866. The van der Waals surface area contributed by atoms with Gasteiger partial charge in [0.25, 0.3) is 0 Å². The van der Waals surface area contributed by atoms with Crippen LogP contribution in [0.3, 0.4) is 0 Å². The molecule has 2 fully saturated rings. The fourth-order valence-corrected chi connectivity index (χ4v) is 3.44. The third kappa shape index (κ3) is 2.97.